The monoisotopic (exact) mass is 277 g/mol. The third kappa shape index (κ3) is 3.18. The van der Waals surface area contributed by atoms with Gasteiger partial charge in [-0.05, 0) is 24.2 Å². The molecule has 0 aliphatic carbocycles. The summed E-state index contributed by atoms with van der Waals surface area (Å²) in [7, 11) is 0.171. The quantitative estimate of drug-likeness (QED) is 0.858. The second-order valence-corrected chi connectivity index (χ2v) is 10.00. The minimum atomic E-state index is -1.53. The van der Waals surface area contributed by atoms with Crippen molar-refractivity contribution in [2.75, 3.05) is 13.7 Å². The van der Waals surface area contributed by atoms with E-state index in [4.69, 9.17) is 4.74 Å². The Morgan fingerprint density at radius 1 is 1.26 bits per heavy atom. The Morgan fingerprint density at radius 2 is 2.00 bits per heavy atom. The van der Waals surface area contributed by atoms with Crippen LogP contribution in [0.1, 0.15) is 19.8 Å². The Labute approximate surface area is 116 Å². The van der Waals surface area contributed by atoms with Crippen LogP contribution < -0.4 is 15.2 Å². The van der Waals surface area contributed by atoms with Gasteiger partial charge in [-0.25, -0.2) is 0 Å². The standard InChI is InChI=1S/C15H23NO2Si/c1-3-10-19(11-8-15(17)16-9-12-19)14-6-4-13(18-2)5-7-14/h4-7H,3,8-12H2,1-2H3,(H,16,17). The lowest BCUT2D eigenvalue weighted by Crippen LogP contribution is -2.47. The molecular weight excluding hydrogens is 254 g/mol. The lowest BCUT2D eigenvalue weighted by atomic mass is 10.3. The minimum Gasteiger partial charge on any atom is -0.497 e. The third-order valence-electron chi connectivity index (χ3n) is 4.19. The molecule has 4 heteroatoms. The van der Waals surface area contributed by atoms with E-state index in [1.807, 2.05) is 0 Å². The zero-order chi connectivity index (χ0) is 13.7. The second-order valence-electron chi connectivity index (χ2n) is 5.36. The minimum absolute atomic E-state index is 0.221. The van der Waals surface area contributed by atoms with Gasteiger partial charge in [0.05, 0.1) is 15.2 Å². The van der Waals surface area contributed by atoms with Gasteiger partial charge in [0.2, 0.25) is 5.91 Å². The van der Waals surface area contributed by atoms with Crippen LogP contribution in [0.25, 0.3) is 0 Å². The maximum absolute atomic E-state index is 11.6. The lowest BCUT2D eigenvalue weighted by molar-refractivity contribution is -0.120. The highest BCUT2D eigenvalue weighted by atomic mass is 28.3. The molecule has 0 saturated carbocycles. The van der Waals surface area contributed by atoms with E-state index in [0.29, 0.717) is 6.42 Å². The van der Waals surface area contributed by atoms with Crippen molar-refractivity contribution in [1.29, 1.82) is 0 Å². The molecule has 0 bridgehead atoms. The number of benzene rings is 1. The predicted molar refractivity (Wildman–Crippen MR) is 80.7 cm³/mol. The molecule has 2 rings (SSSR count). The summed E-state index contributed by atoms with van der Waals surface area (Å²) in [5.74, 6) is 1.13. The Morgan fingerprint density at radius 3 is 2.63 bits per heavy atom. The fourth-order valence-electron chi connectivity index (χ4n) is 3.11. The summed E-state index contributed by atoms with van der Waals surface area (Å²) in [6.07, 6.45) is 1.89. The highest BCUT2D eigenvalue weighted by molar-refractivity contribution is 6.92. The highest BCUT2D eigenvalue weighted by Crippen LogP contribution is 2.26. The molecule has 0 spiro atoms. The number of rotatable bonds is 4. The number of amides is 1. The number of carbonyl (C=O) groups excluding carboxylic acids is 1. The number of methoxy groups -OCH3 is 1. The van der Waals surface area contributed by atoms with Crippen LogP contribution >= 0.6 is 0 Å². The Kier molecular flexibility index (Phi) is 4.64. The van der Waals surface area contributed by atoms with Crippen molar-refractivity contribution in [1.82, 2.24) is 5.32 Å². The van der Waals surface area contributed by atoms with Gasteiger partial charge < -0.3 is 10.1 Å². The fourth-order valence-corrected chi connectivity index (χ4v) is 7.87. The molecule has 1 aliphatic heterocycles. The zero-order valence-electron chi connectivity index (χ0n) is 11.9. The summed E-state index contributed by atoms with van der Waals surface area (Å²) in [6.45, 7) is 3.09. The maximum Gasteiger partial charge on any atom is 0.219 e. The van der Waals surface area contributed by atoms with Crippen molar-refractivity contribution in [2.24, 2.45) is 0 Å². The first-order chi connectivity index (χ1) is 9.20. The van der Waals surface area contributed by atoms with Crippen LogP contribution in [-0.2, 0) is 4.79 Å². The first kappa shape index (κ1) is 14.1. The average Bonchev–Trinajstić information content (AvgIpc) is 2.63. The van der Waals surface area contributed by atoms with E-state index in [1.54, 1.807) is 7.11 Å². The molecule has 104 valence electrons. The predicted octanol–water partition coefficient (Wildman–Crippen LogP) is 2.28. The molecule has 1 unspecified atom stereocenters. The molecular formula is C15H23NO2Si. The van der Waals surface area contributed by atoms with Crippen LogP contribution in [0.15, 0.2) is 24.3 Å². The van der Waals surface area contributed by atoms with E-state index < -0.39 is 8.07 Å². The van der Waals surface area contributed by atoms with Gasteiger partial charge >= 0.3 is 0 Å². The van der Waals surface area contributed by atoms with Crippen LogP contribution in [0.3, 0.4) is 0 Å². The highest BCUT2D eigenvalue weighted by Gasteiger charge is 2.35. The van der Waals surface area contributed by atoms with Crippen molar-refractivity contribution in [3.05, 3.63) is 24.3 Å². The van der Waals surface area contributed by atoms with Crippen molar-refractivity contribution in [3.63, 3.8) is 0 Å². The normalized spacial score (nSPS) is 23.6. The molecule has 3 nitrogen and oxygen atoms in total. The zero-order valence-corrected chi connectivity index (χ0v) is 12.9. The summed E-state index contributed by atoms with van der Waals surface area (Å²) in [4.78, 5) is 11.6. The molecule has 1 atom stereocenters. The van der Waals surface area contributed by atoms with Gasteiger partial charge in [-0.1, -0.05) is 36.7 Å². The molecule has 1 amide bonds. The summed E-state index contributed by atoms with van der Waals surface area (Å²) in [5, 5.41) is 4.50. The number of ether oxygens (including phenoxy) is 1. The molecule has 1 aliphatic rings. The summed E-state index contributed by atoms with van der Waals surface area (Å²) < 4.78 is 5.24. The van der Waals surface area contributed by atoms with Gasteiger partial charge in [0, 0.05) is 13.0 Å². The second kappa shape index (κ2) is 6.24. The number of nitrogens with one attached hydrogen (secondary N) is 1. The van der Waals surface area contributed by atoms with Crippen LogP contribution in [-0.4, -0.2) is 27.6 Å². The topological polar surface area (TPSA) is 38.3 Å². The lowest BCUT2D eigenvalue weighted by Gasteiger charge is -2.30. The average molecular weight is 277 g/mol. The first-order valence-corrected chi connectivity index (χ1v) is 9.73. The van der Waals surface area contributed by atoms with E-state index in [-0.39, 0.29) is 5.91 Å². The summed E-state index contributed by atoms with van der Waals surface area (Å²) >= 11 is 0. The fraction of sp³-hybridized carbons (Fsp3) is 0.533. The third-order valence-corrected chi connectivity index (χ3v) is 9.62. The van der Waals surface area contributed by atoms with Crippen LogP contribution in [0.4, 0.5) is 0 Å². The molecule has 19 heavy (non-hydrogen) atoms. The first-order valence-electron chi connectivity index (χ1n) is 7.11. The van der Waals surface area contributed by atoms with E-state index in [1.165, 1.54) is 23.7 Å². The largest absolute Gasteiger partial charge is 0.497 e. The molecule has 1 N–H and O–H groups in total. The van der Waals surface area contributed by atoms with Crippen molar-refractivity contribution >= 4 is 19.2 Å². The van der Waals surface area contributed by atoms with Gasteiger partial charge in [-0.2, -0.15) is 0 Å². The number of hydrogen-bond donors (Lipinski definition) is 1. The van der Waals surface area contributed by atoms with Crippen LogP contribution in [0.2, 0.25) is 18.1 Å². The smallest absolute Gasteiger partial charge is 0.219 e. The SMILES string of the molecule is CCC[Si]1(c2ccc(OC)cc2)CCNC(=O)CC1. The van der Waals surface area contributed by atoms with Gasteiger partial charge in [0.1, 0.15) is 5.75 Å². The van der Waals surface area contributed by atoms with Gasteiger partial charge in [-0.15, -0.1) is 0 Å². The van der Waals surface area contributed by atoms with Gasteiger partial charge in [0.25, 0.3) is 0 Å². The van der Waals surface area contributed by atoms with Crippen LogP contribution in [0, 0.1) is 0 Å². The van der Waals surface area contributed by atoms with Gasteiger partial charge in [0.15, 0.2) is 0 Å². The summed E-state index contributed by atoms with van der Waals surface area (Å²) in [5.41, 5.74) is 0. The molecule has 1 aromatic carbocycles. The Bertz CT molecular complexity index is 432. The van der Waals surface area contributed by atoms with E-state index in [9.17, 15) is 4.79 Å². The Balaban J connectivity index is 2.28. The molecule has 1 saturated heterocycles. The van der Waals surface area contributed by atoms with E-state index in [2.05, 4.69) is 36.5 Å². The number of hydrogen-bond acceptors (Lipinski definition) is 2. The molecule has 0 radical (unpaired) electrons. The maximum atomic E-state index is 11.6. The van der Waals surface area contributed by atoms with Crippen molar-refractivity contribution in [2.45, 2.75) is 37.9 Å². The van der Waals surface area contributed by atoms with Crippen molar-refractivity contribution in [3.8, 4) is 5.75 Å². The molecule has 1 fully saturated rings. The summed E-state index contributed by atoms with van der Waals surface area (Å²) in [6, 6.07) is 12.1. The van der Waals surface area contributed by atoms with Crippen LogP contribution in [0.5, 0.6) is 5.75 Å². The molecule has 1 aromatic rings. The van der Waals surface area contributed by atoms with E-state index >= 15 is 0 Å². The van der Waals surface area contributed by atoms with E-state index in [0.717, 1.165) is 18.3 Å². The van der Waals surface area contributed by atoms with Crippen molar-refractivity contribution < 1.29 is 9.53 Å². The molecule has 1 heterocycles. The number of carbonyl (C=O) groups is 1. The van der Waals surface area contributed by atoms with Gasteiger partial charge in [-0.3, -0.25) is 4.79 Å². The molecule has 0 aromatic heterocycles. The Hall–Kier alpha value is -1.29.